The van der Waals surface area contributed by atoms with E-state index < -0.39 is 5.41 Å². The molecule has 158 valence electrons. The number of phenolic OH excluding ortho intramolecular Hbond substituents is 1. The number of methoxy groups -OCH3 is 1. The molecule has 0 aliphatic carbocycles. The molecule has 0 atom stereocenters. The van der Waals surface area contributed by atoms with Gasteiger partial charge in [0.1, 0.15) is 22.5 Å². The van der Waals surface area contributed by atoms with Gasteiger partial charge in [-0.2, -0.15) is 0 Å². The zero-order chi connectivity index (χ0) is 22.0. The fourth-order valence-electron chi connectivity index (χ4n) is 3.78. The van der Waals surface area contributed by atoms with Crippen molar-refractivity contribution in [1.82, 2.24) is 15.0 Å². The molecule has 6 nitrogen and oxygen atoms in total. The normalized spacial score (nSPS) is 11.6. The predicted molar refractivity (Wildman–Crippen MR) is 119 cm³/mol. The van der Waals surface area contributed by atoms with Gasteiger partial charge in [-0.1, -0.05) is 62.4 Å². The number of rotatable bonds is 6. The first kappa shape index (κ1) is 20.6. The zero-order valence-corrected chi connectivity index (χ0v) is 17.9. The second-order valence-corrected chi connectivity index (χ2v) is 8.06. The van der Waals surface area contributed by atoms with Crippen molar-refractivity contribution < 1.29 is 14.6 Å². The molecular formula is C25H25N3O3. The van der Waals surface area contributed by atoms with Gasteiger partial charge in [0.25, 0.3) is 0 Å². The van der Waals surface area contributed by atoms with Gasteiger partial charge in [0.2, 0.25) is 0 Å². The first-order valence-electron chi connectivity index (χ1n) is 10.2. The van der Waals surface area contributed by atoms with Gasteiger partial charge >= 0.3 is 5.97 Å². The number of phenols is 1. The van der Waals surface area contributed by atoms with Crippen molar-refractivity contribution in [1.29, 1.82) is 0 Å². The second-order valence-electron chi connectivity index (χ2n) is 8.06. The molecule has 6 heteroatoms. The maximum atomic E-state index is 11.7. The summed E-state index contributed by atoms with van der Waals surface area (Å²) in [5, 5.41) is 20.4. The Bertz CT molecular complexity index is 1200. The average Bonchev–Trinajstić information content (AvgIpc) is 3.22. The number of nitrogens with zero attached hydrogens (tertiary/aromatic N) is 3. The van der Waals surface area contributed by atoms with Gasteiger partial charge in [0.15, 0.2) is 0 Å². The number of benzene rings is 3. The van der Waals surface area contributed by atoms with Crippen LogP contribution in [0.15, 0.2) is 66.7 Å². The Kier molecular flexibility index (Phi) is 5.46. The lowest BCUT2D eigenvalue weighted by Crippen LogP contribution is -2.20. The summed E-state index contributed by atoms with van der Waals surface area (Å²) < 4.78 is 4.80. The molecule has 3 aromatic carbocycles. The monoisotopic (exact) mass is 415 g/mol. The summed E-state index contributed by atoms with van der Waals surface area (Å²) in [6.45, 7) is 4.14. The summed E-state index contributed by atoms with van der Waals surface area (Å²) in [6.07, 6.45) is 0.735. The van der Waals surface area contributed by atoms with E-state index in [2.05, 4.69) is 24.0 Å². The summed E-state index contributed by atoms with van der Waals surface area (Å²) in [7, 11) is 1.38. The highest BCUT2D eigenvalue weighted by atomic mass is 16.5. The number of ether oxygens (including phenoxy) is 1. The molecule has 0 radical (unpaired) electrons. The van der Waals surface area contributed by atoms with Crippen molar-refractivity contribution in [3.63, 3.8) is 0 Å². The highest BCUT2D eigenvalue weighted by Crippen LogP contribution is 2.40. The zero-order valence-electron chi connectivity index (χ0n) is 17.9. The smallest absolute Gasteiger partial charge is 0.305 e. The summed E-state index contributed by atoms with van der Waals surface area (Å²) in [4.78, 5) is 13.2. The van der Waals surface area contributed by atoms with Crippen molar-refractivity contribution in [2.45, 2.75) is 32.1 Å². The third-order valence-electron chi connectivity index (χ3n) is 5.67. The lowest BCUT2D eigenvalue weighted by molar-refractivity contribution is -0.140. The Morgan fingerprint density at radius 2 is 1.61 bits per heavy atom. The van der Waals surface area contributed by atoms with E-state index in [-0.39, 0.29) is 18.1 Å². The van der Waals surface area contributed by atoms with E-state index in [0.717, 1.165) is 27.7 Å². The molecule has 0 unspecified atom stereocenters. The molecule has 0 spiro atoms. The minimum Gasteiger partial charge on any atom is -0.505 e. The number of aryl methyl sites for hydroxylation is 1. The molecule has 31 heavy (non-hydrogen) atoms. The van der Waals surface area contributed by atoms with Gasteiger partial charge in [0.05, 0.1) is 7.11 Å². The number of carbonyl (C=O) groups excluding carboxylic acids is 1. The van der Waals surface area contributed by atoms with Crippen LogP contribution in [0.5, 0.6) is 5.75 Å². The number of hydrogen-bond acceptors (Lipinski definition) is 5. The molecule has 1 heterocycles. The fraction of sp³-hybridized carbons (Fsp3) is 0.240. The van der Waals surface area contributed by atoms with E-state index >= 15 is 0 Å². The van der Waals surface area contributed by atoms with Gasteiger partial charge in [-0.05, 0) is 35.7 Å². The molecule has 0 saturated heterocycles. The molecule has 0 saturated carbocycles. The van der Waals surface area contributed by atoms with Crippen molar-refractivity contribution >= 4 is 17.0 Å². The second kappa shape index (κ2) is 8.22. The van der Waals surface area contributed by atoms with Crippen molar-refractivity contribution in [2.75, 3.05) is 7.11 Å². The topological polar surface area (TPSA) is 77.2 Å². The first-order chi connectivity index (χ1) is 14.9. The molecule has 4 rings (SSSR count). The number of aromatic nitrogens is 3. The highest BCUT2D eigenvalue weighted by molar-refractivity contribution is 5.74. The summed E-state index contributed by atoms with van der Waals surface area (Å²) >= 11 is 0. The average molecular weight is 415 g/mol. The van der Waals surface area contributed by atoms with Gasteiger partial charge < -0.3 is 9.84 Å². The Labute approximate surface area is 181 Å². The summed E-state index contributed by atoms with van der Waals surface area (Å²) in [6, 6.07) is 21.4. The van der Waals surface area contributed by atoms with E-state index in [1.165, 1.54) is 11.9 Å². The minimum absolute atomic E-state index is 0.121. The van der Waals surface area contributed by atoms with Crippen LogP contribution < -0.4 is 0 Å². The van der Waals surface area contributed by atoms with E-state index in [9.17, 15) is 9.90 Å². The Morgan fingerprint density at radius 1 is 1.00 bits per heavy atom. The van der Waals surface area contributed by atoms with Crippen LogP contribution in [0.2, 0.25) is 0 Å². The molecular weight excluding hydrogens is 390 g/mol. The first-order valence-corrected chi connectivity index (χ1v) is 10.2. The molecule has 0 aliphatic rings. The van der Waals surface area contributed by atoms with E-state index in [1.54, 1.807) is 0 Å². The maximum Gasteiger partial charge on any atom is 0.305 e. The quantitative estimate of drug-likeness (QED) is 0.467. The highest BCUT2D eigenvalue weighted by Gasteiger charge is 2.29. The number of hydrogen-bond donors (Lipinski definition) is 1. The van der Waals surface area contributed by atoms with Crippen LogP contribution in [0.3, 0.4) is 0 Å². The SMILES string of the molecule is COC(=O)CCc1cc(-n2nc3ccccc3n2)c(O)c(C(C)(C)c2ccccc2)c1. The van der Waals surface area contributed by atoms with Crippen molar-refractivity contribution in [3.05, 3.63) is 83.4 Å². The van der Waals surface area contributed by atoms with Crippen LogP contribution in [-0.4, -0.2) is 33.2 Å². The maximum absolute atomic E-state index is 11.7. The van der Waals surface area contributed by atoms with Crippen LogP contribution in [-0.2, 0) is 21.4 Å². The van der Waals surface area contributed by atoms with Crippen LogP contribution in [0, 0.1) is 0 Å². The molecule has 1 aromatic heterocycles. The van der Waals surface area contributed by atoms with Crippen LogP contribution in [0.25, 0.3) is 16.7 Å². The van der Waals surface area contributed by atoms with Gasteiger partial charge in [-0.15, -0.1) is 15.0 Å². The van der Waals surface area contributed by atoms with Crippen molar-refractivity contribution in [3.8, 4) is 11.4 Å². The van der Waals surface area contributed by atoms with Crippen molar-refractivity contribution in [2.24, 2.45) is 0 Å². The molecule has 0 amide bonds. The number of fused-ring (bicyclic) bond motifs is 1. The minimum atomic E-state index is -0.478. The number of carbonyl (C=O) groups is 1. The summed E-state index contributed by atoms with van der Waals surface area (Å²) in [5.74, 6) is -0.155. The van der Waals surface area contributed by atoms with Gasteiger partial charge in [-0.3, -0.25) is 4.79 Å². The van der Waals surface area contributed by atoms with Crippen LogP contribution in [0.1, 0.15) is 37.0 Å². The Balaban J connectivity index is 1.87. The fourth-order valence-corrected chi connectivity index (χ4v) is 3.78. The predicted octanol–water partition coefficient (Wildman–Crippen LogP) is 4.56. The van der Waals surface area contributed by atoms with Gasteiger partial charge in [-0.25, -0.2) is 0 Å². The Morgan fingerprint density at radius 3 is 2.23 bits per heavy atom. The Hall–Kier alpha value is -3.67. The molecule has 0 aliphatic heterocycles. The molecule has 1 N–H and O–H groups in total. The van der Waals surface area contributed by atoms with Crippen LogP contribution in [0.4, 0.5) is 0 Å². The molecule has 4 aromatic rings. The van der Waals surface area contributed by atoms with E-state index in [4.69, 9.17) is 4.74 Å². The van der Waals surface area contributed by atoms with Gasteiger partial charge in [0, 0.05) is 17.4 Å². The lowest BCUT2D eigenvalue weighted by atomic mass is 9.76. The standard InChI is InChI=1S/C25H25N3O3/c1-25(2,18-9-5-4-6-10-18)19-15-17(13-14-23(29)31-3)16-22(24(19)30)28-26-20-11-7-8-12-21(20)27-28/h4-12,15-16,30H,13-14H2,1-3H3. The number of aromatic hydroxyl groups is 1. The lowest BCUT2D eigenvalue weighted by Gasteiger charge is -2.28. The third-order valence-corrected chi connectivity index (χ3v) is 5.67. The van der Waals surface area contributed by atoms with E-state index in [1.807, 2.05) is 66.7 Å². The third kappa shape index (κ3) is 4.01. The molecule has 0 fully saturated rings. The number of esters is 1. The van der Waals surface area contributed by atoms with E-state index in [0.29, 0.717) is 12.1 Å². The molecule has 0 bridgehead atoms. The van der Waals surface area contributed by atoms with Crippen LogP contribution >= 0.6 is 0 Å². The largest absolute Gasteiger partial charge is 0.505 e. The summed E-state index contributed by atoms with van der Waals surface area (Å²) in [5.41, 5.74) is 4.21.